The molecule has 1 heterocycles. The van der Waals surface area contributed by atoms with Crippen molar-refractivity contribution < 1.29 is 4.79 Å². The third-order valence-corrected chi connectivity index (χ3v) is 3.92. The molecule has 92 valence electrons. The van der Waals surface area contributed by atoms with E-state index in [1.54, 1.807) is 12.4 Å². The van der Waals surface area contributed by atoms with E-state index in [-0.39, 0.29) is 5.78 Å². The molecule has 2 nitrogen and oxygen atoms in total. The molecular weight excluding hydrogens is 310 g/mol. The Morgan fingerprint density at radius 2 is 2.00 bits per heavy atom. The summed E-state index contributed by atoms with van der Waals surface area (Å²) in [4.78, 5) is 17.1. The number of Topliss-reactive ketones (excluding diaryl/α,β-unsaturated/α-hetero) is 1. The van der Waals surface area contributed by atoms with E-state index in [1.807, 2.05) is 37.3 Å². The van der Waals surface area contributed by atoms with Crippen molar-refractivity contribution in [3.05, 3.63) is 58.3 Å². The number of carbonyl (C=O) groups excluding carboxylic acids is 1. The largest absolute Gasteiger partial charge is 0.293 e. The van der Waals surface area contributed by atoms with Crippen molar-refractivity contribution in [1.82, 2.24) is 4.98 Å². The normalized spacial score (nSPS) is 10.3. The van der Waals surface area contributed by atoms with E-state index in [9.17, 15) is 4.79 Å². The summed E-state index contributed by atoms with van der Waals surface area (Å²) in [6, 6.07) is 9.81. The van der Waals surface area contributed by atoms with Crippen LogP contribution in [0.1, 0.15) is 15.9 Å². The first-order chi connectivity index (χ1) is 8.65. The Kier molecular flexibility index (Phi) is 4.55. The molecule has 4 heteroatoms. The first kappa shape index (κ1) is 13.3. The summed E-state index contributed by atoms with van der Waals surface area (Å²) in [7, 11) is 0. The molecule has 18 heavy (non-hydrogen) atoms. The summed E-state index contributed by atoms with van der Waals surface area (Å²) in [5.41, 5.74) is 1.69. The van der Waals surface area contributed by atoms with Gasteiger partial charge in [0.1, 0.15) is 0 Å². The number of rotatable bonds is 4. The summed E-state index contributed by atoms with van der Waals surface area (Å²) < 4.78 is 1.04. The average Bonchev–Trinajstić information content (AvgIpc) is 2.38. The fraction of sp³-hybridized carbons (Fsp3) is 0.143. The zero-order valence-electron chi connectivity index (χ0n) is 9.89. The van der Waals surface area contributed by atoms with E-state index in [1.165, 1.54) is 11.8 Å². The third-order valence-electron chi connectivity index (χ3n) is 2.38. The van der Waals surface area contributed by atoms with Crippen LogP contribution < -0.4 is 0 Å². The van der Waals surface area contributed by atoms with Gasteiger partial charge >= 0.3 is 0 Å². The number of ketones is 1. The average molecular weight is 322 g/mol. The van der Waals surface area contributed by atoms with Crippen LogP contribution in [0.4, 0.5) is 0 Å². The second kappa shape index (κ2) is 6.16. The molecule has 0 N–H and O–H groups in total. The van der Waals surface area contributed by atoms with Crippen LogP contribution in [0.5, 0.6) is 0 Å². The first-order valence-electron chi connectivity index (χ1n) is 5.48. The molecule has 0 atom stereocenters. The monoisotopic (exact) mass is 321 g/mol. The first-order valence-corrected chi connectivity index (χ1v) is 7.26. The van der Waals surface area contributed by atoms with Crippen LogP contribution in [-0.2, 0) is 0 Å². The standard InChI is InChI=1S/C14H12BrNOS/c1-10-6-11(8-16-7-10)14(17)9-18-13-4-2-12(15)3-5-13/h2-8H,9H2,1H3. The molecule has 0 spiro atoms. The molecule has 0 unspecified atom stereocenters. The van der Waals surface area contributed by atoms with Crippen LogP contribution in [0, 0.1) is 6.92 Å². The van der Waals surface area contributed by atoms with Crippen LogP contribution in [0.3, 0.4) is 0 Å². The zero-order chi connectivity index (χ0) is 13.0. The second-order valence-corrected chi connectivity index (χ2v) is 5.88. The number of halogens is 1. The summed E-state index contributed by atoms with van der Waals surface area (Å²) >= 11 is 4.93. The third kappa shape index (κ3) is 3.68. The van der Waals surface area contributed by atoms with Gasteiger partial charge in [-0.15, -0.1) is 11.8 Å². The molecule has 0 saturated heterocycles. The molecule has 0 aliphatic carbocycles. The van der Waals surface area contributed by atoms with Crippen molar-refractivity contribution >= 4 is 33.5 Å². The minimum absolute atomic E-state index is 0.110. The lowest BCUT2D eigenvalue weighted by atomic mass is 10.2. The van der Waals surface area contributed by atoms with Crippen molar-refractivity contribution in [1.29, 1.82) is 0 Å². The van der Waals surface area contributed by atoms with Gasteiger partial charge in [0.15, 0.2) is 5.78 Å². The number of nitrogens with zero attached hydrogens (tertiary/aromatic N) is 1. The van der Waals surface area contributed by atoms with Gasteiger partial charge in [0.2, 0.25) is 0 Å². The predicted octanol–water partition coefficient (Wildman–Crippen LogP) is 4.13. The predicted molar refractivity (Wildman–Crippen MR) is 78.2 cm³/mol. The lowest BCUT2D eigenvalue weighted by Crippen LogP contribution is -2.03. The second-order valence-electron chi connectivity index (χ2n) is 3.92. The molecule has 0 aliphatic rings. The van der Waals surface area contributed by atoms with Gasteiger partial charge in [-0.25, -0.2) is 0 Å². The number of aryl methyl sites for hydroxylation is 1. The fourth-order valence-corrected chi connectivity index (χ4v) is 2.53. The summed E-state index contributed by atoms with van der Waals surface area (Å²) in [6.45, 7) is 1.94. The quantitative estimate of drug-likeness (QED) is 0.626. The zero-order valence-corrected chi connectivity index (χ0v) is 12.3. The molecule has 0 radical (unpaired) electrons. The van der Waals surface area contributed by atoms with E-state index in [4.69, 9.17) is 0 Å². The van der Waals surface area contributed by atoms with E-state index < -0.39 is 0 Å². The van der Waals surface area contributed by atoms with Crippen LogP contribution >= 0.6 is 27.7 Å². The molecule has 0 amide bonds. The summed E-state index contributed by atoms with van der Waals surface area (Å²) in [6.07, 6.45) is 3.37. The van der Waals surface area contributed by atoms with Crippen molar-refractivity contribution in [2.45, 2.75) is 11.8 Å². The lowest BCUT2D eigenvalue weighted by Gasteiger charge is -2.02. The molecule has 2 rings (SSSR count). The van der Waals surface area contributed by atoms with Gasteiger partial charge in [0, 0.05) is 27.3 Å². The molecular formula is C14H12BrNOS. The van der Waals surface area contributed by atoms with Crippen LogP contribution in [0.25, 0.3) is 0 Å². The molecule has 1 aromatic heterocycles. The maximum atomic E-state index is 12.0. The molecule has 2 aromatic rings. The van der Waals surface area contributed by atoms with Gasteiger partial charge in [0.05, 0.1) is 5.75 Å². The van der Waals surface area contributed by atoms with Gasteiger partial charge < -0.3 is 0 Å². The Balaban J connectivity index is 1.98. The van der Waals surface area contributed by atoms with Gasteiger partial charge in [0.25, 0.3) is 0 Å². The van der Waals surface area contributed by atoms with Gasteiger partial charge in [-0.3, -0.25) is 9.78 Å². The number of carbonyl (C=O) groups is 1. The van der Waals surface area contributed by atoms with Crippen molar-refractivity contribution in [3.63, 3.8) is 0 Å². The smallest absolute Gasteiger partial charge is 0.174 e. The Labute approximate surface area is 119 Å². The van der Waals surface area contributed by atoms with E-state index >= 15 is 0 Å². The van der Waals surface area contributed by atoms with Gasteiger partial charge in [-0.1, -0.05) is 15.9 Å². The maximum Gasteiger partial charge on any atom is 0.174 e. The van der Waals surface area contributed by atoms with Crippen LogP contribution in [0.15, 0.2) is 52.1 Å². The highest BCUT2D eigenvalue weighted by Gasteiger charge is 2.07. The number of hydrogen-bond donors (Lipinski definition) is 0. The number of pyridine rings is 1. The van der Waals surface area contributed by atoms with Gasteiger partial charge in [-0.05, 0) is 42.8 Å². The number of thioether (sulfide) groups is 1. The van der Waals surface area contributed by atoms with Crippen molar-refractivity contribution in [2.75, 3.05) is 5.75 Å². The molecule has 0 bridgehead atoms. The van der Waals surface area contributed by atoms with Crippen LogP contribution in [0.2, 0.25) is 0 Å². The Bertz CT molecular complexity index is 554. The number of hydrogen-bond acceptors (Lipinski definition) is 3. The number of aromatic nitrogens is 1. The molecule has 0 saturated carbocycles. The fourth-order valence-electron chi connectivity index (χ4n) is 1.47. The van der Waals surface area contributed by atoms with Crippen LogP contribution in [-0.4, -0.2) is 16.5 Å². The highest BCUT2D eigenvalue weighted by atomic mass is 79.9. The Morgan fingerprint density at radius 1 is 1.28 bits per heavy atom. The molecule has 1 aromatic carbocycles. The summed E-state index contributed by atoms with van der Waals surface area (Å²) in [5, 5.41) is 0. The van der Waals surface area contributed by atoms with E-state index in [2.05, 4.69) is 20.9 Å². The lowest BCUT2D eigenvalue weighted by molar-refractivity contribution is 0.102. The van der Waals surface area contributed by atoms with E-state index in [0.29, 0.717) is 11.3 Å². The number of benzene rings is 1. The SMILES string of the molecule is Cc1cncc(C(=O)CSc2ccc(Br)cc2)c1. The molecule has 0 aliphatic heterocycles. The van der Waals surface area contributed by atoms with E-state index in [0.717, 1.165) is 14.9 Å². The topological polar surface area (TPSA) is 30.0 Å². The minimum Gasteiger partial charge on any atom is -0.293 e. The highest BCUT2D eigenvalue weighted by molar-refractivity contribution is 9.10. The molecule has 0 fully saturated rings. The highest BCUT2D eigenvalue weighted by Crippen LogP contribution is 2.21. The summed E-state index contributed by atoms with van der Waals surface area (Å²) in [5.74, 6) is 0.548. The maximum absolute atomic E-state index is 12.0. The van der Waals surface area contributed by atoms with Gasteiger partial charge in [-0.2, -0.15) is 0 Å². The Hall–Kier alpha value is -1.13. The Morgan fingerprint density at radius 3 is 2.67 bits per heavy atom. The van der Waals surface area contributed by atoms with Crippen molar-refractivity contribution in [2.24, 2.45) is 0 Å². The minimum atomic E-state index is 0.110. The van der Waals surface area contributed by atoms with Crippen molar-refractivity contribution in [3.8, 4) is 0 Å².